The van der Waals surface area contributed by atoms with E-state index in [2.05, 4.69) is 28.2 Å². The van der Waals surface area contributed by atoms with Crippen molar-refractivity contribution in [2.45, 2.75) is 25.8 Å². The summed E-state index contributed by atoms with van der Waals surface area (Å²) in [7, 11) is 0. The van der Waals surface area contributed by atoms with Crippen molar-refractivity contribution in [1.29, 1.82) is 0 Å². The summed E-state index contributed by atoms with van der Waals surface area (Å²) < 4.78 is 6.59. The summed E-state index contributed by atoms with van der Waals surface area (Å²) in [4.78, 5) is 0. The predicted molar refractivity (Wildman–Crippen MR) is 74.8 cm³/mol. The highest BCUT2D eigenvalue weighted by molar-refractivity contribution is 9.10. The Bertz CT molecular complexity index is 382. The summed E-state index contributed by atoms with van der Waals surface area (Å²) >= 11 is 9.42. The third kappa shape index (κ3) is 4.16. The second-order valence-electron chi connectivity index (χ2n) is 4.50. The standard InChI is InChI=1S/C13H17BrClNO/c1-9(10-2-3-10)16-6-7-17-13-5-4-11(14)8-12(13)15/h4-5,8-10,16H,2-3,6-7H2,1H3. The summed E-state index contributed by atoms with van der Waals surface area (Å²) in [5.41, 5.74) is 0. The summed E-state index contributed by atoms with van der Waals surface area (Å²) in [6, 6.07) is 6.27. The molecule has 4 heteroatoms. The van der Waals surface area contributed by atoms with Crippen molar-refractivity contribution in [3.8, 4) is 5.75 Å². The molecule has 0 aromatic heterocycles. The zero-order valence-electron chi connectivity index (χ0n) is 9.88. The van der Waals surface area contributed by atoms with E-state index in [0.717, 1.165) is 22.7 Å². The molecule has 0 bridgehead atoms. The first-order valence-corrected chi connectivity index (χ1v) is 7.15. The normalized spacial score (nSPS) is 16.9. The molecule has 2 nitrogen and oxygen atoms in total. The lowest BCUT2D eigenvalue weighted by atomic mass is 10.2. The molecular weight excluding hydrogens is 302 g/mol. The smallest absolute Gasteiger partial charge is 0.138 e. The number of nitrogens with one attached hydrogen (secondary N) is 1. The van der Waals surface area contributed by atoms with Gasteiger partial charge in [0.25, 0.3) is 0 Å². The first kappa shape index (κ1) is 13.2. The number of ether oxygens (including phenoxy) is 1. The van der Waals surface area contributed by atoms with Crippen LogP contribution in [-0.4, -0.2) is 19.2 Å². The number of halogens is 2. The van der Waals surface area contributed by atoms with Crippen LogP contribution in [0.2, 0.25) is 5.02 Å². The van der Waals surface area contributed by atoms with Gasteiger partial charge in [0.15, 0.2) is 0 Å². The van der Waals surface area contributed by atoms with Crippen LogP contribution in [0, 0.1) is 5.92 Å². The van der Waals surface area contributed by atoms with Crippen LogP contribution >= 0.6 is 27.5 Å². The van der Waals surface area contributed by atoms with Gasteiger partial charge in [-0.05, 0) is 43.9 Å². The maximum atomic E-state index is 6.06. The van der Waals surface area contributed by atoms with Crippen molar-refractivity contribution >= 4 is 27.5 Å². The lowest BCUT2D eigenvalue weighted by Gasteiger charge is -2.13. The molecule has 1 saturated carbocycles. The molecule has 94 valence electrons. The maximum absolute atomic E-state index is 6.06. The Morgan fingerprint density at radius 3 is 2.94 bits per heavy atom. The molecule has 1 aliphatic rings. The minimum atomic E-state index is 0.610. The molecule has 0 amide bonds. The van der Waals surface area contributed by atoms with Crippen LogP contribution in [0.4, 0.5) is 0 Å². The summed E-state index contributed by atoms with van der Waals surface area (Å²) in [6.45, 7) is 3.76. The minimum Gasteiger partial charge on any atom is -0.491 e. The van der Waals surface area contributed by atoms with Gasteiger partial charge >= 0.3 is 0 Å². The zero-order valence-corrected chi connectivity index (χ0v) is 12.2. The van der Waals surface area contributed by atoms with Gasteiger partial charge in [0, 0.05) is 17.1 Å². The lowest BCUT2D eigenvalue weighted by molar-refractivity contribution is 0.303. The summed E-state index contributed by atoms with van der Waals surface area (Å²) in [6.07, 6.45) is 2.74. The molecule has 0 saturated heterocycles. The number of hydrogen-bond donors (Lipinski definition) is 1. The van der Waals surface area contributed by atoms with Crippen molar-refractivity contribution < 1.29 is 4.74 Å². The van der Waals surface area contributed by atoms with E-state index in [1.54, 1.807) is 0 Å². The van der Waals surface area contributed by atoms with Gasteiger partial charge in [0.1, 0.15) is 12.4 Å². The minimum absolute atomic E-state index is 0.610. The van der Waals surface area contributed by atoms with E-state index in [-0.39, 0.29) is 0 Å². The molecule has 1 aliphatic carbocycles. The summed E-state index contributed by atoms with van der Waals surface area (Å²) in [5, 5.41) is 4.12. The third-order valence-corrected chi connectivity index (χ3v) is 3.84. The first-order valence-electron chi connectivity index (χ1n) is 5.98. The van der Waals surface area contributed by atoms with Crippen molar-refractivity contribution in [2.75, 3.05) is 13.2 Å². The van der Waals surface area contributed by atoms with Gasteiger partial charge in [0.05, 0.1) is 5.02 Å². The zero-order chi connectivity index (χ0) is 12.3. The van der Waals surface area contributed by atoms with Crippen LogP contribution in [-0.2, 0) is 0 Å². The fourth-order valence-electron chi connectivity index (χ4n) is 1.80. The second kappa shape index (κ2) is 6.07. The van der Waals surface area contributed by atoms with Crippen molar-refractivity contribution in [2.24, 2.45) is 5.92 Å². The monoisotopic (exact) mass is 317 g/mol. The average molecular weight is 319 g/mol. The lowest BCUT2D eigenvalue weighted by Crippen LogP contribution is -2.31. The van der Waals surface area contributed by atoms with Gasteiger partial charge in [0.2, 0.25) is 0 Å². The molecule has 1 unspecified atom stereocenters. The molecule has 1 fully saturated rings. The molecular formula is C13H17BrClNO. The van der Waals surface area contributed by atoms with Crippen molar-refractivity contribution in [3.05, 3.63) is 27.7 Å². The van der Waals surface area contributed by atoms with Gasteiger partial charge in [-0.1, -0.05) is 27.5 Å². The highest BCUT2D eigenvalue weighted by Gasteiger charge is 2.27. The largest absolute Gasteiger partial charge is 0.491 e. The molecule has 0 aliphatic heterocycles. The van der Waals surface area contributed by atoms with Gasteiger partial charge in [-0.25, -0.2) is 0 Å². The predicted octanol–water partition coefficient (Wildman–Crippen LogP) is 3.87. The van der Waals surface area contributed by atoms with E-state index >= 15 is 0 Å². The molecule has 1 aromatic rings. The topological polar surface area (TPSA) is 21.3 Å². The van der Waals surface area contributed by atoms with E-state index in [4.69, 9.17) is 16.3 Å². The van der Waals surface area contributed by atoms with Crippen LogP contribution in [0.25, 0.3) is 0 Å². The van der Waals surface area contributed by atoms with Crippen LogP contribution < -0.4 is 10.1 Å². The Labute approximate surface area is 116 Å². The van der Waals surface area contributed by atoms with Gasteiger partial charge < -0.3 is 10.1 Å². The van der Waals surface area contributed by atoms with E-state index < -0.39 is 0 Å². The number of hydrogen-bond acceptors (Lipinski definition) is 2. The molecule has 0 spiro atoms. The Kier molecular flexibility index (Phi) is 4.71. The molecule has 1 atom stereocenters. The SMILES string of the molecule is CC(NCCOc1ccc(Br)cc1Cl)C1CC1. The van der Waals surface area contributed by atoms with E-state index in [9.17, 15) is 0 Å². The van der Waals surface area contributed by atoms with E-state index in [0.29, 0.717) is 17.7 Å². The molecule has 1 aromatic carbocycles. The van der Waals surface area contributed by atoms with Gasteiger partial charge in [-0.15, -0.1) is 0 Å². The highest BCUT2D eigenvalue weighted by Crippen LogP contribution is 2.32. The van der Waals surface area contributed by atoms with Gasteiger partial charge in [-0.2, -0.15) is 0 Å². The second-order valence-corrected chi connectivity index (χ2v) is 5.83. The Hall–Kier alpha value is -0.250. The number of benzene rings is 1. The molecule has 0 heterocycles. The van der Waals surface area contributed by atoms with Crippen LogP contribution in [0.5, 0.6) is 5.75 Å². The van der Waals surface area contributed by atoms with E-state index in [1.165, 1.54) is 12.8 Å². The maximum Gasteiger partial charge on any atom is 0.138 e. The highest BCUT2D eigenvalue weighted by atomic mass is 79.9. The fraction of sp³-hybridized carbons (Fsp3) is 0.538. The van der Waals surface area contributed by atoms with Crippen molar-refractivity contribution in [3.63, 3.8) is 0 Å². The van der Waals surface area contributed by atoms with E-state index in [1.807, 2.05) is 18.2 Å². The molecule has 1 N–H and O–H groups in total. The molecule has 2 rings (SSSR count). The molecule has 0 radical (unpaired) electrons. The van der Waals surface area contributed by atoms with Crippen LogP contribution in [0.3, 0.4) is 0 Å². The Morgan fingerprint density at radius 2 is 2.29 bits per heavy atom. The van der Waals surface area contributed by atoms with Crippen LogP contribution in [0.15, 0.2) is 22.7 Å². The van der Waals surface area contributed by atoms with Gasteiger partial charge in [-0.3, -0.25) is 0 Å². The Morgan fingerprint density at radius 1 is 1.53 bits per heavy atom. The molecule has 17 heavy (non-hydrogen) atoms. The summed E-state index contributed by atoms with van der Waals surface area (Å²) in [5.74, 6) is 1.63. The number of rotatable bonds is 6. The third-order valence-electron chi connectivity index (χ3n) is 3.05. The van der Waals surface area contributed by atoms with Crippen molar-refractivity contribution in [1.82, 2.24) is 5.32 Å². The Balaban J connectivity index is 1.70. The average Bonchev–Trinajstić information content (AvgIpc) is 3.10. The first-order chi connectivity index (χ1) is 8.16. The quantitative estimate of drug-likeness (QED) is 0.804. The van der Waals surface area contributed by atoms with Crippen LogP contribution in [0.1, 0.15) is 19.8 Å². The fourth-order valence-corrected chi connectivity index (χ4v) is 2.53.